The maximum atomic E-state index is 12.4. The predicted molar refractivity (Wildman–Crippen MR) is 108 cm³/mol. The summed E-state index contributed by atoms with van der Waals surface area (Å²) in [5, 5.41) is 1.31. The summed E-state index contributed by atoms with van der Waals surface area (Å²) in [6.07, 6.45) is 0. The van der Waals surface area contributed by atoms with Crippen molar-refractivity contribution in [1.29, 1.82) is 0 Å². The molecule has 0 aliphatic carbocycles. The second-order valence-corrected chi connectivity index (χ2v) is 7.70. The zero-order valence-electron chi connectivity index (χ0n) is 13.8. The topological polar surface area (TPSA) is 23.6 Å². The second-order valence-electron chi connectivity index (χ2n) is 5.90. The quantitative estimate of drug-likeness (QED) is 0.741. The van der Waals surface area contributed by atoms with Crippen LogP contribution in [0.3, 0.4) is 0 Å². The van der Waals surface area contributed by atoms with E-state index in [9.17, 15) is 4.79 Å². The van der Waals surface area contributed by atoms with Gasteiger partial charge in [0.05, 0.1) is 5.75 Å². The van der Waals surface area contributed by atoms with Crippen LogP contribution in [-0.4, -0.2) is 42.7 Å². The predicted octanol–water partition coefficient (Wildman–Crippen LogP) is 4.58. The van der Waals surface area contributed by atoms with E-state index in [0.717, 1.165) is 31.7 Å². The Morgan fingerprint density at radius 3 is 2.20 bits per heavy atom. The summed E-state index contributed by atoms with van der Waals surface area (Å²) in [6, 6.07) is 15.8. The van der Waals surface area contributed by atoms with Gasteiger partial charge in [-0.15, -0.1) is 11.8 Å². The molecule has 3 nitrogen and oxygen atoms in total. The van der Waals surface area contributed by atoms with Gasteiger partial charge in [-0.3, -0.25) is 4.79 Å². The molecular weight excluding hydrogens is 375 g/mol. The Hall–Kier alpha value is -1.36. The molecule has 1 aliphatic rings. The zero-order chi connectivity index (χ0) is 17.6. The number of para-hydroxylation sites is 1. The fourth-order valence-corrected chi connectivity index (χ4v) is 4.52. The van der Waals surface area contributed by atoms with Crippen molar-refractivity contribution in [1.82, 2.24) is 4.90 Å². The molecule has 1 fully saturated rings. The Labute approximate surface area is 162 Å². The molecule has 1 heterocycles. The minimum absolute atomic E-state index is 0.181. The molecule has 0 spiro atoms. The molecule has 2 aromatic rings. The average Bonchev–Trinajstić information content (AvgIpc) is 2.65. The Bertz CT molecular complexity index is 698. The number of nitrogens with zero attached hydrogens (tertiary/aromatic N) is 2. The lowest BCUT2D eigenvalue weighted by atomic mass is 10.2. The summed E-state index contributed by atoms with van der Waals surface area (Å²) in [7, 11) is 0. The number of anilines is 1. The molecule has 0 bridgehead atoms. The van der Waals surface area contributed by atoms with Gasteiger partial charge in [0.2, 0.25) is 5.91 Å². The lowest BCUT2D eigenvalue weighted by Gasteiger charge is -2.36. The van der Waals surface area contributed by atoms with E-state index >= 15 is 0 Å². The van der Waals surface area contributed by atoms with Crippen LogP contribution in [0.5, 0.6) is 0 Å². The van der Waals surface area contributed by atoms with Crippen molar-refractivity contribution in [3.63, 3.8) is 0 Å². The van der Waals surface area contributed by atoms with Crippen LogP contribution in [0.2, 0.25) is 10.0 Å². The Morgan fingerprint density at radius 1 is 0.920 bits per heavy atom. The van der Waals surface area contributed by atoms with E-state index in [1.807, 2.05) is 41.3 Å². The van der Waals surface area contributed by atoms with Crippen molar-refractivity contribution in [2.45, 2.75) is 5.75 Å². The fourth-order valence-electron chi connectivity index (χ4n) is 2.85. The molecule has 0 radical (unpaired) electrons. The molecule has 0 aromatic heterocycles. The van der Waals surface area contributed by atoms with E-state index in [2.05, 4.69) is 17.0 Å². The van der Waals surface area contributed by atoms with Crippen molar-refractivity contribution in [3.8, 4) is 0 Å². The lowest BCUT2D eigenvalue weighted by Crippen LogP contribution is -2.49. The fraction of sp³-hybridized carbons (Fsp3) is 0.316. The van der Waals surface area contributed by atoms with Gasteiger partial charge >= 0.3 is 0 Å². The molecular formula is C19H20Cl2N2OS. The van der Waals surface area contributed by atoms with Crippen LogP contribution in [0.1, 0.15) is 5.56 Å². The van der Waals surface area contributed by atoms with Gasteiger partial charge in [0.1, 0.15) is 0 Å². The summed E-state index contributed by atoms with van der Waals surface area (Å²) in [5.41, 5.74) is 2.12. The number of thioether (sulfide) groups is 1. The maximum absolute atomic E-state index is 12.4. The third kappa shape index (κ3) is 4.84. The first-order chi connectivity index (χ1) is 12.1. The minimum Gasteiger partial charge on any atom is -0.368 e. The highest BCUT2D eigenvalue weighted by molar-refractivity contribution is 7.99. The number of hydrogen-bond acceptors (Lipinski definition) is 3. The Morgan fingerprint density at radius 2 is 1.56 bits per heavy atom. The largest absolute Gasteiger partial charge is 0.368 e. The molecule has 1 saturated heterocycles. The van der Waals surface area contributed by atoms with Crippen LogP contribution >= 0.6 is 35.0 Å². The standard InChI is InChI=1S/C19H20Cl2N2OS/c20-17-7-4-8-18(21)16(17)13-25-14-19(24)23-11-9-22(10-12-23)15-5-2-1-3-6-15/h1-8H,9-14H2. The van der Waals surface area contributed by atoms with E-state index in [1.165, 1.54) is 5.69 Å². The van der Waals surface area contributed by atoms with Gasteiger partial charge in [0.25, 0.3) is 0 Å². The van der Waals surface area contributed by atoms with Crippen LogP contribution in [0.15, 0.2) is 48.5 Å². The minimum atomic E-state index is 0.181. The molecule has 1 amide bonds. The van der Waals surface area contributed by atoms with Crippen molar-refractivity contribution < 1.29 is 4.79 Å². The van der Waals surface area contributed by atoms with Crippen LogP contribution in [-0.2, 0) is 10.5 Å². The molecule has 25 heavy (non-hydrogen) atoms. The van der Waals surface area contributed by atoms with Gasteiger partial charge in [-0.1, -0.05) is 47.5 Å². The summed E-state index contributed by atoms with van der Waals surface area (Å²) < 4.78 is 0. The Kier molecular flexibility index (Phi) is 6.51. The first-order valence-corrected chi connectivity index (χ1v) is 10.1. The SMILES string of the molecule is O=C(CSCc1c(Cl)cccc1Cl)N1CCN(c2ccccc2)CC1. The van der Waals surface area contributed by atoms with E-state index < -0.39 is 0 Å². The maximum Gasteiger partial charge on any atom is 0.232 e. The number of rotatable bonds is 5. The van der Waals surface area contributed by atoms with E-state index in [0.29, 0.717) is 21.6 Å². The van der Waals surface area contributed by atoms with Crippen LogP contribution in [0, 0.1) is 0 Å². The van der Waals surface area contributed by atoms with Crippen LogP contribution in [0.4, 0.5) is 5.69 Å². The number of carbonyl (C=O) groups is 1. The molecule has 132 valence electrons. The van der Waals surface area contributed by atoms with Gasteiger partial charge in [-0.05, 0) is 29.8 Å². The summed E-state index contributed by atoms with van der Waals surface area (Å²) in [5.74, 6) is 1.28. The second kappa shape index (κ2) is 8.84. The van der Waals surface area contributed by atoms with Gasteiger partial charge in [0.15, 0.2) is 0 Å². The number of halogens is 2. The smallest absolute Gasteiger partial charge is 0.232 e. The highest BCUT2D eigenvalue weighted by Gasteiger charge is 2.21. The van der Waals surface area contributed by atoms with Crippen molar-refractivity contribution >= 4 is 46.6 Å². The number of piperazine rings is 1. The number of carbonyl (C=O) groups excluding carboxylic acids is 1. The normalized spacial score (nSPS) is 14.6. The molecule has 0 saturated carbocycles. The molecule has 0 unspecified atom stereocenters. The van der Waals surface area contributed by atoms with Gasteiger partial charge in [-0.25, -0.2) is 0 Å². The van der Waals surface area contributed by atoms with E-state index in [4.69, 9.17) is 23.2 Å². The first kappa shape index (κ1) is 18.4. The van der Waals surface area contributed by atoms with Gasteiger partial charge in [-0.2, -0.15) is 0 Å². The number of hydrogen-bond donors (Lipinski definition) is 0. The summed E-state index contributed by atoms with van der Waals surface area (Å²) in [4.78, 5) is 16.7. The average molecular weight is 395 g/mol. The van der Waals surface area contributed by atoms with Crippen molar-refractivity contribution in [2.75, 3.05) is 36.8 Å². The third-order valence-electron chi connectivity index (χ3n) is 4.29. The number of benzene rings is 2. The van der Waals surface area contributed by atoms with Crippen molar-refractivity contribution in [2.24, 2.45) is 0 Å². The molecule has 3 rings (SSSR count). The van der Waals surface area contributed by atoms with Crippen LogP contribution < -0.4 is 4.90 Å². The summed E-state index contributed by atoms with van der Waals surface area (Å²) in [6.45, 7) is 3.27. The van der Waals surface area contributed by atoms with Gasteiger partial charge in [0, 0.05) is 47.7 Å². The molecule has 0 N–H and O–H groups in total. The van der Waals surface area contributed by atoms with Gasteiger partial charge < -0.3 is 9.80 Å². The monoisotopic (exact) mass is 394 g/mol. The highest BCUT2D eigenvalue weighted by Crippen LogP contribution is 2.28. The molecule has 1 aliphatic heterocycles. The summed E-state index contributed by atoms with van der Waals surface area (Å²) >= 11 is 13.9. The Balaban J connectivity index is 1.45. The van der Waals surface area contributed by atoms with E-state index in [1.54, 1.807) is 11.8 Å². The highest BCUT2D eigenvalue weighted by atomic mass is 35.5. The lowest BCUT2D eigenvalue weighted by molar-refractivity contribution is -0.128. The third-order valence-corrected chi connectivity index (χ3v) is 5.94. The van der Waals surface area contributed by atoms with Crippen molar-refractivity contribution in [3.05, 3.63) is 64.1 Å². The molecule has 2 aromatic carbocycles. The first-order valence-electron chi connectivity index (χ1n) is 8.23. The molecule has 6 heteroatoms. The van der Waals surface area contributed by atoms with Crippen LogP contribution in [0.25, 0.3) is 0 Å². The molecule has 0 atom stereocenters. The zero-order valence-corrected chi connectivity index (χ0v) is 16.2. The number of amides is 1. The van der Waals surface area contributed by atoms with E-state index in [-0.39, 0.29) is 5.91 Å².